The topological polar surface area (TPSA) is 63.2 Å². The third kappa shape index (κ3) is 4.86. The number of hydrogen-bond donors (Lipinski definition) is 2. The van der Waals surface area contributed by atoms with Crippen molar-refractivity contribution in [2.75, 3.05) is 25.5 Å². The summed E-state index contributed by atoms with van der Waals surface area (Å²) in [4.78, 5) is 15.8. The summed E-state index contributed by atoms with van der Waals surface area (Å²) in [7, 11) is 1.38. The van der Waals surface area contributed by atoms with Crippen molar-refractivity contribution in [1.29, 1.82) is 0 Å². The van der Waals surface area contributed by atoms with Crippen molar-refractivity contribution in [1.82, 2.24) is 10.3 Å². The van der Waals surface area contributed by atoms with E-state index in [-0.39, 0.29) is 30.8 Å². The third-order valence-electron chi connectivity index (χ3n) is 2.85. The second kappa shape index (κ2) is 8.96. The van der Waals surface area contributed by atoms with Crippen LogP contribution in [0, 0.1) is 0 Å². The van der Waals surface area contributed by atoms with Crippen LogP contribution in [0.1, 0.15) is 23.2 Å². The highest BCUT2D eigenvalue weighted by atomic mass is 35.5. The average Bonchev–Trinajstić information content (AvgIpc) is 2.40. The molecule has 1 fully saturated rings. The van der Waals surface area contributed by atoms with Crippen LogP contribution < -0.4 is 10.6 Å². The lowest BCUT2D eigenvalue weighted by molar-refractivity contribution is 0.0601. The van der Waals surface area contributed by atoms with Gasteiger partial charge in [-0.15, -0.1) is 24.8 Å². The lowest BCUT2D eigenvalue weighted by Gasteiger charge is -2.24. The molecule has 2 heterocycles. The Morgan fingerprint density at radius 3 is 2.95 bits per heavy atom. The number of nitrogens with zero attached hydrogens (tertiary/aromatic N) is 1. The molecule has 2 N–H and O–H groups in total. The van der Waals surface area contributed by atoms with Gasteiger partial charge in [-0.2, -0.15) is 0 Å². The minimum atomic E-state index is -0.357. The summed E-state index contributed by atoms with van der Waals surface area (Å²) in [6, 6.07) is 3.77. The number of esters is 1. The number of pyridine rings is 1. The van der Waals surface area contributed by atoms with E-state index >= 15 is 0 Å². The van der Waals surface area contributed by atoms with Crippen molar-refractivity contribution in [3.05, 3.63) is 23.9 Å². The Labute approximate surface area is 125 Å². The van der Waals surface area contributed by atoms with Gasteiger partial charge in [0.05, 0.1) is 7.11 Å². The lowest BCUT2D eigenvalue weighted by atomic mass is 10.1. The lowest BCUT2D eigenvalue weighted by Crippen LogP contribution is -2.39. The molecule has 0 aliphatic carbocycles. The van der Waals surface area contributed by atoms with Crippen LogP contribution in [0.4, 0.5) is 5.82 Å². The molecule has 1 aliphatic rings. The van der Waals surface area contributed by atoms with E-state index in [0.717, 1.165) is 25.9 Å². The Morgan fingerprint density at radius 1 is 1.53 bits per heavy atom. The monoisotopic (exact) mass is 307 g/mol. The fourth-order valence-corrected chi connectivity index (χ4v) is 1.96. The van der Waals surface area contributed by atoms with E-state index in [4.69, 9.17) is 4.74 Å². The van der Waals surface area contributed by atoms with E-state index in [1.807, 2.05) is 0 Å². The van der Waals surface area contributed by atoms with Gasteiger partial charge in [0.1, 0.15) is 11.4 Å². The summed E-state index contributed by atoms with van der Waals surface area (Å²) >= 11 is 0. The van der Waals surface area contributed by atoms with Crippen molar-refractivity contribution < 1.29 is 9.53 Å². The summed E-state index contributed by atoms with van der Waals surface area (Å²) in [6.07, 6.45) is 3.90. The van der Waals surface area contributed by atoms with Crippen molar-refractivity contribution in [3.63, 3.8) is 0 Å². The van der Waals surface area contributed by atoms with Crippen LogP contribution >= 0.6 is 24.8 Å². The maximum Gasteiger partial charge on any atom is 0.341 e. The van der Waals surface area contributed by atoms with Gasteiger partial charge in [0.2, 0.25) is 0 Å². The molecule has 2 rings (SSSR count). The fraction of sp³-hybridized carbons (Fsp3) is 0.500. The second-order valence-corrected chi connectivity index (χ2v) is 4.08. The van der Waals surface area contributed by atoms with Crippen LogP contribution in [0.2, 0.25) is 0 Å². The Hall–Kier alpha value is -1.04. The molecule has 0 radical (unpaired) electrons. The molecule has 0 saturated carbocycles. The molecule has 1 aromatic rings. The number of anilines is 1. The summed E-state index contributed by atoms with van der Waals surface area (Å²) in [5, 5.41) is 6.60. The smallest absolute Gasteiger partial charge is 0.341 e. The van der Waals surface area contributed by atoms with Gasteiger partial charge in [-0.1, -0.05) is 0 Å². The number of rotatable bonds is 3. The number of nitrogens with one attached hydrogen (secondary N) is 2. The van der Waals surface area contributed by atoms with E-state index in [9.17, 15) is 4.79 Å². The van der Waals surface area contributed by atoms with E-state index < -0.39 is 0 Å². The zero-order valence-corrected chi connectivity index (χ0v) is 12.4. The Balaban J connectivity index is 0.00000162. The number of piperidine rings is 1. The van der Waals surface area contributed by atoms with E-state index in [2.05, 4.69) is 15.6 Å². The number of ether oxygens (including phenoxy) is 1. The van der Waals surface area contributed by atoms with Crippen molar-refractivity contribution in [2.24, 2.45) is 0 Å². The molecule has 1 aromatic heterocycles. The largest absolute Gasteiger partial charge is 0.465 e. The molecular weight excluding hydrogens is 289 g/mol. The van der Waals surface area contributed by atoms with Gasteiger partial charge in [-0.25, -0.2) is 9.78 Å². The summed E-state index contributed by atoms with van der Waals surface area (Å²) < 4.78 is 4.73. The van der Waals surface area contributed by atoms with Crippen LogP contribution in [-0.4, -0.2) is 37.2 Å². The number of carbonyl (C=O) groups excluding carboxylic acids is 1. The highest BCUT2D eigenvalue weighted by Gasteiger charge is 2.17. The normalized spacial score (nSPS) is 17.6. The second-order valence-electron chi connectivity index (χ2n) is 4.08. The van der Waals surface area contributed by atoms with Gasteiger partial charge in [-0.3, -0.25) is 0 Å². The zero-order valence-electron chi connectivity index (χ0n) is 10.7. The van der Waals surface area contributed by atoms with Crippen LogP contribution in [0.5, 0.6) is 0 Å². The first-order chi connectivity index (χ1) is 8.31. The number of methoxy groups -OCH3 is 1. The summed E-state index contributed by atoms with van der Waals surface area (Å²) in [5.41, 5.74) is 0.487. The summed E-state index contributed by atoms with van der Waals surface area (Å²) in [5.74, 6) is 0.248. The molecule has 1 aliphatic heterocycles. The predicted molar refractivity (Wildman–Crippen MR) is 79.6 cm³/mol. The van der Waals surface area contributed by atoms with Crippen LogP contribution in [0.3, 0.4) is 0 Å². The maximum atomic E-state index is 11.6. The van der Waals surface area contributed by atoms with Gasteiger partial charge in [0.15, 0.2) is 0 Å². The highest BCUT2D eigenvalue weighted by molar-refractivity contribution is 5.94. The first-order valence-electron chi connectivity index (χ1n) is 5.82. The molecular formula is C12H19Cl2N3O2. The van der Waals surface area contributed by atoms with E-state index in [1.165, 1.54) is 7.11 Å². The number of aromatic nitrogens is 1. The minimum Gasteiger partial charge on any atom is -0.465 e. The van der Waals surface area contributed by atoms with Crippen molar-refractivity contribution in [3.8, 4) is 0 Å². The maximum absolute atomic E-state index is 11.6. The SMILES string of the molecule is COC(=O)c1cccnc1NC1CCCNC1.Cl.Cl. The third-order valence-corrected chi connectivity index (χ3v) is 2.85. The predicted octanol–water partition coefficient (Wildman–Crippen LogP) is 1.88. The molecule has 108 valence electrons. The van der Waals surface area contributed by atoms with Gasteiger partial charge < -0.3 is 15.4 Å². The first kappa shape index (κ1) is 18.0. The number of carbonyl (C=O) groups is 1. The number of halogens is 2. The van der Waals surface area contributed by atoms with Crippen molar-refractivity contribution in [2.45, 2.75) is 18.9 Å². The highest BCUT2D eigenvalue weighted by Crippen LogP contribution is 2.16. The quantitative estimate of drug-likeness (QED) is 0.835. The molecule has 0 amide bonds. The molecule has 19 heavy (non-hydrogen) atoms. The van der Waals surface area contributed by atoms with Crippen LogP contribution in [-0.2, 0) is 4.74 Å². The summed E-state index contributed by atoms with van der Waals surface area (Å²) in [6.45, 7) is 1.96. The van der Waals surface area contributed by atoms with Gasteiger partial charge in [0, 0.05) is 18.8 Å². The molecule has 0 aromatic carbocycles. The van der Waals surface area contributed by atoms with Crippen molar-refractivity contribution >= 4 is 36.6 Å². The minimum absolute atomic E-state index is 0. The van der Waals surface area contributed by atoms with Gasteiger partial charge >= 0.3 is 5.97 Å². The first-order valence-corrected chi connectivity index (χ1v) is 5.82. The zero-order chi connectivity index (χ0) is 12.1. The standard InChI is InChI=1S/C12H17N3O2.2ClH/c1-17-12(16)10-5-3-7-14-11(10)15-9-4-2-6-13-8-9;;/h3,5,7,9,13H,2,4,6,8H2,1H3,(H,14,15);2*1H. The Bertz CT molecular complexity index is 398. The van der Waals surface area contributed by atoms with Crippen LogP contribution in [0.15, 0.2) is 18.3 Å². The van der Waals surface area contributed by atoms with E-state index in [1.54, 1.807) is 18.3 Å². The Morgan fingerprint density at radius 2 is 2.32 bits per heavy atom. The average molecular weight is 308 g/mol. The molecule has 1 atom stereocenters. The Kier molecular flexibility index (Phi) is 8.47. The molecule has 7 heteroatoms. The van der Waals surface area contributed by atoms with Crippen LogP contribution in [0.25, 0.3) is 0 Å². The molecule has 5 nitrogen and oxygen atoms in total. The molecule has 1 saturated heterocycles. The molecule has 1 unspecified atom stereocenters. The van der Waals surface area contributed by atoms with Gasteiger partial charge in [-0.05, 0) is 31.5 Å². The fourth-order valence-electron chi connectivity index (χ4n) is 1.96. The number of hydrogen-bond acceptors (Lipinski definition) is 5. The molecule has 0 spiro atoms. The van der Waals surface area contributed by atoms with E-state index in [0.29, 0.717) is 17.4 Å². The van der Waals surface area contributed by atoms with Gasteiger partial charge in [0.25, 0.3) is 0 Å². The molecule has 0 bridgehead atoms.